The fourth-order valence-electron chi connectivity index (χ4n) is 7.44. The van der Waals surface area contributed by atoms with Gasteiger partial charge in [-0.05, 0) is 44.9 Å². The number of unbranched alkanes of at least 4 members (excludes halogenated alkanes) is 25. The summed E-state index contributed by atoms with van der Waals surface area (Å²) in [7, 11) is 5.41. The minimum atomic E-state index is -1.12. The van der Waals surface area contributed by atoms with Crippen LogP contribution in [0.5, 0.6) is 0 Å². The van der Waals surface area contributed by atoms with Crippen LogP contribution in [0.3, 0.4) is 0 Å². The standard InChI is InChI=1S/C52H95NO7/c1-6-8-10-12-14-16-18-20-22-24-25-26-27-29-31-33-35-37-39-41-43-51(55)60-48(46-58-45-44-49(52(56)57)53(3,4)5)47-59-50(54)42-40-38-36-34-32-30-28-23-21-19-17-15-13-11-9-7-2/h9,11,15,17,21,23,48-49H,6-8,10,12-14,16,18-20,22,24-47H2,1-5H3/b11-9+,17-15+,23-21+. The van der Waals surface area contributed by atoms with Gasteiger partial charge in [-0.15, -0.1) is 0 Å². The molecule has 0 rings (SSSR count). The first kappa shape index (κ1) is 57.5. The molecule has 0 saturated carbocycles. The summed E-state index contributed by atoms with van der Waals surface area (Å²) in [6, 6.07) is -0.726. The van der Waals surface area contributed by atoms with E-state index in [0.717, 1.165) is 70.6 Å². The van der Waals surface area contributed by atoms with Crippen molar-refractivity contribution in [2.45, 2.75) is 238 Å². The number of carboxylic acids is 1. The van der Waals surface area contributed by atoms with E-state index in [2.05, 4.69) is 50.3 Å². The zero-order valence-corrected chi connectivity index (χ0v) is 39.9. The van der Waals surface area contributed by atoms with Crippen molar-refractivity contribution < 1.29 is 38.2 Å². The van der Waals surface area contributed by atoms with E-state index < -0.39 is 18.1 Å². The van der Waals surface area contributed by atoms with E-state index in [0.29, 0.717) is 12.8 Å². The number of hydrogen-bond donors (Lipinski definition) is 0. The molecule has 8 heteroatoms. The summed E-state index contributed by atoms with van der Waals surface area (Å²) >= 11 is 0. The van der Waals surface area contributed by atoms with E-state index in [1.807, 2.05) is 0 Å². The van der Waals surface area contributed by atoms with Crippen LogP contribution in [0.1, 0.15) is 226 Å². The van der Waals surface area contributed by atoms with Gasteiger partial charge in [0.05, 0.1) is 40.3 Å². The van der Waals surface area contributed by atoms with Crippen molar-refractivity contribution in [3.05, 3.63) is 36.5 Å². The minimum Gasteiger partial charge on any atom is -0.544 e. The molecule has 0 N–H and O–H groups in total. The van der Waals surface area contributed by atoms with E-state index in [-0.39, 0.29) is 42.7 Å². The van der Waals surface area contributed by atoms with Crippen molar-refractivity contribution in [3.63, 3.8) is 0 Å². The summed E-state index contributed by atoms with van der Waals surface area (Å²) < 4.78 is 17.2. The molecule has 0 bridgehead atoms. The molecule has 0 fully saturated rings. The molecule has 2 unspecified atom stereocenters. The van der Waals surface area contributed by atoms with Crippen LogP contribution < -0.4 is 5.11 Å². The van der Waals surface area contributed by atoms with Crippen molar-refractivity contribution in [1.82, 2.24) is 0 Å². The quantitative estimate of drug-likeness (QED) is 0.0260. The number of rotatable bonds is 45. The van der Waals surface area contributed by atoms with E-state index in [1.165, 1.54) is 122 Å². The number of ether oxygens (including phenoxy) is 3. The van der Waals surface area contributed by atoms with Gasteiger partial charge in [0, 0.05) is 19.3 Å². The van der Waals surface area contributed by atoms with Crippen molar-refractivity contribution in [2.24, 2.45) is 0 Å². The number of esters is 2. The zero-order chi connectivity index (χ0) is 44.2. The molecular formula is C52H95NO7. The highest BCUT2D eigenvalue weighted by atomic mass is 16.6. The molecule has 0 saturated heterocycles. The maximum absolute atomic E-state index is 12.8. The van der Waals surface area contributed by atoms with Gasteiger partial charge in [0.1, 0.15) is 12.6 Å². The Morgan fingerprint density at radius 1 is 0.517 bits per heavy atom. The molecule has 0 aromatic carbocycles. The molecule has 0 aliphatic heterocycles. The first-order valence-electron chi connectivity index (χ1n) is 25.0. The summed E-state index contributed by atoms with van der Waals surface area (Å²) in [5.41, 5.74) is 0. The van der Waals surface area contributed by atoms with Crippen LogP contribution in [0.15, 0.2) is 36.5 Å². The van der Waals surface area contributed by atoms with Crippen LogP contribution in [0.2, 0.25) is 0 Å². The summed E-state index contributed by atoms with van der Waals surface area (Å²) in [4.78, 5) is 37.0. The monoisotopic (exact) mass is 846 g/mol. The second-order valence-electron chi connectivity index (χ2n) is 18.0. The molecule has 0 aromatic heterocycles. The number of hydrogen-bond acceptors (Lipinski definition) is 7. The molecule has 60 heavy (non-hydrogen) atoms. The Morgan fingerprint density at radius 2 is 0.933 bits per heavy atom. The molecule has 0 heterocycles. The maximum Gasteiger partial charge on any atom is 0.306 e. The third-order valence-electron chi connectivity index (χ3n) is 11.3. The van der Waals surface area contributed by atoms with Gasteiger partial charge in [-0.3, -0.25) is 9.59 Å². The Labute approximate surface area is 370 Å². The third-order valence-corrected chi connectivity index (χ3v) is 11.3. The predicted molar refractivity (Wildman–Crippen MR) is 250 cm³/mol. The van der Waals surface area contributed by atoms with Gasteiger partial charge in [0.15, 0.2) is 6.10 Å². The largest absolute Gasteiger partial charge is 0.544 e. The van der Waals surface area contributed by atoms with Gasteiger partial charge in [-0.1, -0.05) is 198 Å². The fraction of sp³-hybridized carbons (Fsp3) is 0.827. The molecule has 0 aliphatic rings. The van der Waals surface area contributed by atoms with Crippen LogP contribution >= 0.6 is 0 Å². The van der Waals surface area contributed by atoms with Crippen molar-refractivity contribution in [3.8, 4) is 0 Å². The Balaban J connectivity index is 4.24. The smallest absolute Gasteiger partial charge is 0.306 e. The third kappa shape index (κ3) is 40.9. The van der Waals surface area contributed by atoms with Crippen LogP contribution in [0.25, 0.3) is 0 Å². The van der Waals surface area contributed by atoms with Gasteiger partial charge < -0.3 is 28.6 Å². The predicted octanol–water partition coefficient (Wildman–Crippen LogP) is 12.9. The number of carboxylic acid groups (broad SMARTS) is 1. The summed E-state index contributed by atoms with van der Waals surface area (Å²) in [5.74, 6) is -1.74. The molecule has 0 amide bonds. The molecule has 8 nitrogen and oxygen atoms in total. The molecule has 0 aromatic rings. The van der Waals surface area contributed by atoms with Gasteiger partial charge in [-0.25, -0.2) is 0 Å². The summed E-state index contributed by atoms with van der Waals surface area (Å²) in [6.45, 7) is 4.57. The Morgan fingerprint density at radius 3 is 1.38 bits per heavy atom. The second-order valence-corrected chi connectivity index (χ2v) is 18.0. The molecule has 2 atom stereocenters. The Kier molecular flexibility index (Phi) is 41.4. The highest BCUT2D eigenvalue weighted by Crippen LogP contribution is 2.16. The van der Waals surface area contributed by atoms with Gasteiger partial charge in [0.25, 0.3) is 0 Å². The first-order valence-corrected chi connectivity index (χ1v) is 25.0. The average Bonchev–Trinajstić information content (AvgIpc) is 3.21. The molecule has 0 spiro atoms. The highest BCUT2D eigenvalue weighted by Gasteiger charge is 2.25. The number of carbonyl (C=O) groups is 3. The van der Waals surface area contributed by atoms with Crippen LogP contribution in [0, 0.1) is 0 Å². The lowest BCUT2D eigenvalue weighted by Crippen LogP contribution is -2.55. The van der Waals surface area contributed by atoms with Crippen molar-refractivity contribution in [2.75, 3.05) is 41.0 Å². The lowest BCUT2D eigenvalue weighted by molar-refractivity contribution is -0.889. The topological polar surface area (TPSA) is 102 Å². The molecule has 0 aliphatic carbocycles. The number of allylic oxidation sites excluding steroid dienone is 6. The van der Waals surface area contributed by atoms with Crippen LogP contribution in [-0.4, -0.2) is 75.5 Å². The van der Waals surface area contributed by atoms with Crippen molar-refractivity contribution >= 4 is 17.9 Å². The van der Waals surface area contributed by atoms with Crippen molar-refractivity contribution in [1.29, 1.82) is 0 Å². The van der Waals surface area contributed by atoms with Gasteiger partial charge in [0.2, 0.25) is 0 Å². The number of nitrogens with zero attached hydrogens (tertiary/aromatic N) is 1. The first-order chi connectivity index (χ1) is 29.1. The van der Waals surface area contributed by atoms with Gasteiger partial charge >= 0.3 is 11.9 Å². The molecule has 350 valence electrons. The van der Waals surface area contributed by atoms with E-state index >= 15 is 0 Å². The van der Waals surface area contributed by atoms with Crippen LogP contribution in [0.4, 0.5) is 0 Å². The number of aliphatic carboxylic acids is 1. The average molecular weight is 846 g/mol. The highest BCUT2D eigenvalue weighted by molar-refractivity contribution is 5.70. The lowest BCUT2D eigenvalue weighted by Gasteiger charge is -2.34. The summed E-state index contributed by atoms with van der Waals surface area (Å²) in [5, 5.41) is 11.7. The second kappa shape index (κ2) is 43.2. The van der Waals surface area contributed by atoms with E-state index in [4.69, 9.17) is 14.2 Å². The molecule has 0 radical (unpaired) electrons. The SMILES string of the molecule is CC/C=C/C/C=C/C/C=C/CCCCCCCCC(=O)OCC(COCCC(C(=O)[O-])[N+](C)(C)C)OC(=O)CCCCCCCCCCCCCCCCCCCCCC. The fourth-order valence-corrected chi connectivity index (χ4v) is 7.44. The number of carbonyl (C=O) groups excluding carboxylic acids is 3. The molecular weight excluding hydrogens is 751 g/mol. The Bertz CT molecular complexity index is 1080. The van der Waals surface area contributed by atoms with E-state index in [1.54, 1.807) is 21.1 Å². The van der Waals surface area contributed by atoms with Crippen LogP contribution in [-0.2, 0) is 28.6 Å². The zero-order valence-electron chi connectivity index (χ0n) is 39.9. The minimum absolute atomic E-state index is 0.0394. The lowest BCUT2D eigenvalue weighted by atomic mass is 10.0. The Hall–Kier alpha value is -2.45. The number of likely N-dealkylation sites (N-methyl/N-ethyl adjacent to an activating group) is 1. The normalized spacial score (nSPS) is 13.2. The summed E-state index contributed by atoms with van der Waals surface area (Å²) in [6.07, 6.45) is 50.3. The van der Waals surface area contributed by atoms with E-state index in [9.17, 15) is 19.5 Å². The maximum atomic E-state index is 12.8. The van der Waals surface area contributed by atoms with Gasteiger partial charge in [-0.2, -0.15) is 0 Å². The number of quaternary nitrogens is 1.